The van der Waals surface area contributed by atoms with E-state index in [4.69, 9.17) is 16.3 Å². The summed E-state index contributed by atoms with van der Waals surface area (Å²) in [7, 11) is 0. The lowest BCUT2D eigenvalue weighted by Crippen LogP contribution is -2.03. The minimum atomic E-state index is -0.474. The number of nitrogens with one attached hydrogen (secondary N) is 1. The first-order chi connectivity index (χ1) is 9.70. The minimum Gasteiger partial charge on any atom is -0.483 e. The molecule has 1 aromatic carbocycles. The molecule has 1 heterocycles. The van der Waals surface area contributed by atoms with Gasteiger partial charge in [0.2, 0.25) is 0 Å². The van der Waals surface area contributed by atoms with E-state index < -0.39 is 5.82 Å². The number of rotatable bonds is 6. The maximum atomic E-state index is 13.6. The fourth-order valence-corrected chi connectivity index (χ4v) is 1.92. The van der Waals surface area contributed by atoms with Crippen molar-refractivity contribution >= 4 is 17.3 Å². The Kier molecular flexibility index (Phi) is 5.18. The zero-order chi connectivity index (χ0) is 14.4. The van der Waals surface area contributed by atoms with Gasteiger partial charge in [-0.15, -0.1) is 0 Å². The fraction of sp³-hybridized carbons (Fsp3) is 0.267. The Balaban J connectivity index is 2.03. The molecule has 20 heavy (non-hydrogen) atoms. The van der Waals surface area contributed by atoms with Gasteiger partial charge in [-0.1, -0.05) is 24.6 Å². The average molecular weight is 295 g/mol. The lowest BCUT2D eigenvalue weighted by atomic mass is 10.3. The minimum absolute atomic E-state index is 0.0582. The molecule has 1 aromatic heterocycles. The van der Waals surface area contributed by atoms with Gasteiger partial charge in [0.05, 0.1) is 10.7 Å². The van der Waals surface area contributed by atoms with Gasteiger partial charge in [0, 0.05) is 18.4 Å². The second kappa shape index (κ2) is 7.10. The van der Waals surface area contributed by atoms with Crippen molar-refractivity contribution in [2.24, 2.45) is 0 Å². The molecule has 0 saturated carbocycles. The molecule has 5 heteroatoms. The molecule has 2 aromatic rings. The average Bonchev–Trinajstić information content (AvgIpc) is 2.45. The zero-order valence-electron chi connectivity index (χ0n) is 11.2. The van der Waals surface area contributed by atoms with Gasteiger partial charge in [0.25, 0.3) is 0 Å². The summed E-state index contributed by atoms with van der Waals surface area (Å²) in [5.41, 5.74) is 1.69. The van der Waals surface area contributed by atoms with Crippen molar-refractivity contribution in [2.45, 2.75) is 20.0 Å². The topological polar surface area (TPSA) is 34.2 Å². The predicted octanol–water partition coefficient (Wildman–Crippen LogP) is 4.28. The molecule has 0 spiro atoms. The Morgan fingerprint density at radius 1 is 1.35 bits per heavy atom. The number of benzene rings is 1. The third-order valence-corrected chi connectivity index (χ3v) is 2.98. The second-order valence-electron chi connectivity index (χ2n) is 4.30. The van der Waals surface area contributed by atoms with E-state index in [1.807, 2.05) is 12.1 Å². The van der Waals surface area contributed by atoms with Crippen molar-refractivity contribution in [2.75, 3.05) is 11.9 Å². The van der Waals surface area contributed by atoms with Gasteiger partial charge in [-0.2, -0.15) is 0 Å². The Morgan fingerprint density at radius 2 is 2.20 bits per heavy atom. The van der Waals surface area contributed by atoms with Gasteiger partial charge >= 0.3 is 0 Å². The fourth-order valence-electron chi connectivity index (χ4n) is 1.70. The van der Waals surface area contributed by atoms with E-state index in [-0.39, 0.29) is 17.4 Å². The van der Waals surface area contributed by atoms with Crippen molar-refractivity contribution in [1.82, 2.24) is 4.98 Å². The first-order valence-corrected chi connectivity index (χ1v) is 6.84. The molecule has 0 fully saturated rings. The molecule has 2 rings (SSSR count). The van der Waals surface area contributed by atoms with Crippen molar-refractivity contribution in [3.63, 3.8) is 0 Å². The standard InChI is InChI=1S/C15H16ClFN2O/c1-2-7-18-11-6-8-19-12(9-11)10-20-15-13(16)4-3-5-14(15)17/h3-6,8-9H,2,7,10H2,1H3,(H,18,19). The number of anilines is 1. The van der Waals surface area contributed by atoms with Crippen LogP contribution < -0.4 is 10.1 Å². The molecule has 3 nitrogen and oxygen atoms in total. The van der Waals surface area contributed by atoms with Crippen LogP contribution in [0.5, 0.6) is 5.75 Å². The number of hydrogen-bond acceptors (Lipinski definition) is 3. The van der Waals surface area contributed by atoms with E-state index in [0.29, 0.717) is 5.69 Å². The number of hydrogen-bond donors (Lipinski definition) is 1. The molecule has 0 unspecified atom stereocenters. The molecule has 0 atom stereocenters. The van der Waals surface area contributed by atoms with Crippen molar-refractivity contribution in [3.05, 3.63) is 53.1 Å². The van der Waals surface area contributed by atoms with Crippen molar-refractivity contribution in [3.8, 4) is 5.75 Å². The van der Waals surface area contributed by atoms with Crippen LogP contribution in [0.2, 0.25) is 5.02 Å². The lowest BCUT2D eigenvalue weighted by molar-refractivity contribution is 0.286. The monoisotopic (exact) mass is 294 g/mol. The number of halogens is 2. The van der Waals surface area contributed by atoms with Gasteiger partial charge in [0.15, 0.2) is 11.6 Å². The van der Waals surface area contributed by atoms with Gasteiger partial charge in [-0.25, -0.2) is 4.39 Å². The van der Waals surface area contributed by atoms with E-state index in [2.05, 4.69) is 17.2 Å². The molecule has 0 amide bonds. The van der Waals surface area contributed by atoms with E-state index >= 15 is 0 Å². The largest absolute Gasteiger partial charge is 0.483 e. The summed E-state index contributed by atoms with van der Waals surface area (Å²) in [6.07, 6.45) is 2.73. The number of aromatic nitrogens is 1. The normalized spacial score (nSPS) is 10.3. The third kappa shape index (κ3) is 3.84. The maximum absolute atomic E-state index is 13.6. The second-order valence-corrected chi connectivity index (χ2v) is 4.71. The van der Waals surface area contributed by atoms with Crippen LogP contribution in [0.15, 0.2) is 36.5 Å². The van der Waals surface area contributed by atoms with Crippen LogP contribution in [0, 0.1) is 5.82 Å². The van der Waals surface area contributed by atoms with Crippen LogP contribution in [-0.2, 0) is 6.61 Å². The molecule has 0 saturated heterocycles. The summed E-state index contributed by atoms with van der Waals surface area (Å²) in [4.78, 5) is 4.19. The van der Waals surface area contributed by atoms with Gasteiger partial charge < -0.3 is 10.1 Å². The maximum Gasteiger partial charge on any atom is 0.174 e. The van der Waals surface area contributed by atoms with Crippen LogP contribution in [-0.4, -0.2) is 11.5 Å². The number of nitrogens with zero attached hydrogens (tertiary/aromatic N) is 1. The highest BCUT2D eigenvalue weighted by molar-refractivity contribution is 6.32. The number of para-hydroxylation sites is 1. The summed E-state index contributed by atoms with van der Waals surface area (Å²) < 4.78 is 19.0. The Labute approximate surface area is 122 Å². The van der Waals surface area contributed by atoms with Crippen molar-refractivity contribution < 1.29 is 9.13 Å². The highest BCUT2D eigenvalue weighted by atomic mass is 35.5. The smallest absolute Gasteiger partial charge is 0.174 e. The molecule has 0 bridgehead atoms. The summed E-state index contributed by atoms with van der Waals surface area (Å²) in [5, 5.41) is 3.51. The molecule has 0 aliphatic carbocycles. The van der Waals surface area contributed by atoms with Crippen LogP contribution in [0.25, 0.3) is 0 Å². The van der Waals surface area contributed by atoms with Crippen molar-refractivity contribution in [1.29, 1.82) is 0 Å². The molecule has 1 N–H and O–H groups in total. The quantitative estimate of drug-likeness (QED) is 0.863. The highest BCUT2D eigenvalue weighted by Gasteiger charge is 2.08. The summed E-state index contributed by atoms with van der Waals surface area (Å²) in [5.74, 6) is -0.416. The molecule has 0 radical (unpaired) electrons. The zero-order valence-corrected chi connectivity index (χ0v) is 12.0. The Hall–Kier alpha value is -1.81. The lowest BCUT2D eigenvalue weighted by Gasteiger charge is -2.10. The number of pyridine rings is 1. The molecular weight excluding hydrogens is 279 g/mol. The number of ether oxygens (including phenoxy) is 1. The first-order valence-electron chi connectivity index (χ1n) is 6.46. The Morgan fingerprint density at radius 3 is 2.95 bits per heavy atom. The Bertz CT molecular complexity index is 557. The summed E-state index contributed by atoms with van der Waals surface area (Å²) in [6, 6.07) is 8.21. The third-order valence-electron chi connectivity index (χ3n) is 2.68. The van der Waals surface area contributed by atoms with Gasteiger partial charge in [0.1, 0.15) is 6.61 Å². The van der Waals surface area contributed by atoms with Crippen LogP contribution >= 0.6 is 11.6 Å². The van der Waals surface area contributed by atoms with Crippen LogP contribution in [0.4, 0.5) is 10.1 Å². The van der Waals surface area contributed by atoms with E-state index in [0.717, 1.165) is 18.7 Å². The molecule has 106 valence electrons. The molecule has 0 aliphatic heterocycles. The summed E-state index contributed by atoms with van der Waals surface area (Å²) in [6.45, 7) is 3.16. The van der Waals surface area contributed by atoms with E-state index in [1.54, 1.807) is 12.3 Å². The SMILES string of the molecule is CCCNc1ccnc(COc2c(F)cccc2Cl)c1. The molecular formula is C15H16ClFN2O. The first kappa shape index (κ1) is 14.6. The predicted molar refractivity (Wildman–Crippen MR) is 78.8 cm³/mol. The van der Waals surface area contributed by atoms with Crippen LogP contribution in [0.3, 0.4) is 0 Å². The summed E-state index contributed by atoms with van der Waals surface area (Å²) >= 11 is 5.90. The van der Waals surface area contributed by atoms with Crippen LogP contribution in [0.1, 0.15) is 19.0 Å². The van der Waals surface area contributed by atoms with E-state index in [1.165, 1.54) is 12.1 Å². The molecule has 0 aliphatic rings. The van der Waals surface area contributed by atoms with Gasteiger partial charge in [-0.05, 0) is 30.7 Å². The van der Waals surface area contributed by atoms with E-state index in [9.17, 15) is 4.39 Å². The highest BCUT2D eigenvalue weighted by Crippen LogP contribution is 2.27. The van der Waals surface area contributed by atoms with Gasteiger partial charge in [-0.3, -0.25) is 4.98 Å².